The zero-order valence-electron chi connectivity index (χ0n) is 15.0. The summed E-state index contributed by atoms with van der Waals surface area (Å²) in [5.74, 6) is -0.0921. The topological polar surface area (TPSA) is 63.1 Å². The van der Waals surface area contributed by atoms with Gasteiger partial charge >= 0.3 is 0 Å². The van der Waals surface area contributed by atoms with E-state index in [0.717, 1.165) is 18.5 Å². The number of aryl methyl sites for hydroxylation is 1. The van der Waals surface area contributed by atoms with Crippen molar-refractivity contribution >= 4 is 23.2 Å². The predicted octanol–water partition coefficient (Wildman–Crippen LogP) is 3.48. The molecular weight excluding hydrogens is 362 g/mol. The van der Waals surface area contributed by atoms with Gasteiger partial charge < -0.3 is 5.32 Å². The SMILES string of the molecule is CN(CC(=O)Nc1cc(Cl)ccc1-n1cncn1)[C@H]1CCc2ccccc21. The lowest BCUT2D eigenvalue weighted by Crippen LogP contribution is -2.32. The molecule has 0 spiro atoms. The summed E-state index contributed by atoms with van der Waals surface area (Å²) < 4.78 is 1.60. The van der Waals surface area contributed by atoms with Crippen LogP contribution in [-0.4, -0.2) is 39.2 Å². The van der Waals surface area contributed by atoms with Crippen molar-refractivity contribution in [3.05, 3.63) is 71.3 Å². The number of likely N-dealkylation sites (N-methyl/N-ethyl adjacent to an activating group) is 1. The lowest BCUT2D eigenvalue weighted by Gasteiger charge is -2.24. The molecule has 0 saturated heterocycles. The second-order valence-corrected chi connectivity index (χ2v) is 7.15. The summed E-state index contributed by atoms with van der Waals surface area (Å²) in [7, 11) is 1.99. The number of anilines is 1. The number of aromatic nitrogens is 3. The van der Waals surface area contributed by atoms with Crippen LogP contribution in [0.3, 0.4) is 0 Å². The first-order valence-electron chi connectivity index (χ1n) is 8.84. The summed E-state index contributed by atoms with van der Waals surface area (Å²) in [6.45, 7) is 0.294. The van der Waals surface area contributed by atoms with Crippen LogP contribution in [-0.2, 0) is 11.2 Å². The van der Waals surface area contributed by atoms with Gasteiger partial charge in [0.05, 0.1) is 17.9 Å². The van der Waals surface area contributed by atoms with E-state index in [0.29, 0.717) is 17.3 Å². The number of carbonyl (C=O) groups is 1. The average molecular weight is 382 g/mol. The summed E-state index contributed by atoms with van der Waals surface area (Å²) in [5, 5.41) is 7.65. The number of nitrogens with one attached hydrogen (secondary N) is 1. The largest absolute Gasteiger partial charge is 0.323 e. The van der Waals surface area contributed by atoms with Gasteiger partial charge in [0.15, 0.2) is 0 Å². The lowest BCUT2D eigenvalue weighted by atomic mass is 10.1. The summed E-state index contributed by atoms with van der Waals surface area (Å²) in [4.78, 5) is 18.7. The second kappa shape index (κ2) is 7.50. The molecule has 0 fully saturated rings. The molecule has 0 aliphatic heterocycles. The average Bonchev–Trinajstić information content (AvgIpc) is 3.31. The zero-order chi connectivity index (χ0) is 18.8. The van der Waals surface area contributed by atoms with E-state index < -0.39 is 0 Å². The van der Waals surface area contributed by atoms with Gasteiger partial charge in [-0.1, -0.05) is 35.9 Å². The Morgan fingerprint density at radius 2 is 2.19 bits per heavy atom. The van der Waals surface area contributed by atoms with Gasteiger partial charge in [-0.2, -0.15) is 5.10 Å². The van der Waals surface area contributed by atoms with Crippen molar-refractivity contribution in [1.82, 2.24) is 19.7 Å². The summed E-state index contributed by atoms with van der Waals surface area (Å²) >= 11 is 6.12. The van der Waals surface area contributed by atoms with Crippen LogP contribution in [0.25, 0.3) is 5.69 Å². The molecule has 3 aromatic rings. The molecule has 1 aliphatic rings. The van der Waals surface area contributed by atoms with Crippen molar-refractivity contribution in [2.45, 2.75) is 18.9 Å². The van der Waals surface area contributed by atoms with E-state index in [1.807, 2.05) is 13.1 Å². The van der Waals surface area contributed by atoms with Crippen LogP contribution >= 0.6 is 11.6 Å². The molecule has 0 bridgehead atoms. The van der Waals surface area contributed by atoms with Gasteiger partial charge in [-0.15, -0.1) is 0 Å². The number of nitrogens with zero attached hydrogens (tertiary/aromatic N) is 4. The number of hydrogen-bond donors (Lipinski definition) is 1. The van der Waals surface area contributed by atoms with Crippen molar-refractivity contribution < 1.29 is 4.79 Å². The first-order chi connectivity index (χ1) is 13.1. The molecule has 1 heterocycles. The molecule has 0 unspecified atom stereocenters. The highest BCUT2D eigenvalue weighted by Crippen LogP contribution is 2.34. The Kier molecular flexibility index (Phi) is 4.92. The van der Waals surface area contributed by atoms with Gasteiger partial charge in [-0.05, 0) is 49.2 Å². The Morgan fingerprint density at radius 3 is 3.00 bits per heavy atom. The van der Waals surface area contributed by atoms with Gasteiger partial charge in [0.25, 0.3) is 0 Å². The minimum Gasteiger partial charge on any atom is -0.323 e. The molecule has 7 heteroatoms. The number of hydrogen-bond acceptors (Lipinski definition) is 4. The molecule has 1 atom stereocenters. The third kappa shape index (κ3) is 3.72. The van der Waals surface area contributed by atoms with E-state index >= 15 is 0 Å². The van der Waals surface area contributed by atoms with Crippen molar-refractivity contribution in [2.75, 3.05) is 18.9 Å². The predicted molar refractivity (Wildman–Crippen MR) is 105 cm³/mol. The molecule has 138 valence electrons. The Balaban J connectivity index is 1.48. The van der Waals surface area contributed by atoms with E-state index in [-0.39, 0.29) is 11.9 Å². The summed E-state index contributed by atoms with van der Waals surface area (Å²) in [6, 6.07) is 14.0. The van der Waals surface area contributed by atoms with Crippen molar-refractivity contribution in [3.8, 4) is 5.69 Å². The van der Waals surface area contributed by atoms with Gasteiger partial charge in [-0.3, -0.25) is 9.69 Å². The molecule has 1 N–H and O–H groups in total. The number of carbonyl (C=O) groups excluding carboxylic acids is 1. The smallest absolute Gasteiger partial charge is 0.238 e. The Labute approximate surface area is 162 Å². The van der Waals surface area contributed by atoms with Crippen LogP contribution in [0.1, 0.15) is 23.6 Å². The molecule has 6 nitrogen and oxygen atoms in total. The van der Waals surface area contributed by atoms with Gasteiger partial charge in [0, 0.05) is 11.1 Å². The van der Waals surface area contributed by atoms with Crippen molar-refractivity contribution in [2.24, 2.45) is 0 Å². The standard InChI is InChI=1S/C20H20ClN5O/c1-25(18-8-6-14-4-2-3-5-16(14)18)11-20(27)24-17-10-15(21)7-9-19(17)26-13-22-12-23-26/h2-5,7,9-10,12-13,18H,6,8,11H2,1H3,(H,24,27)/t18-/m0/s1. The van der Waals surface area contributed by atoms with Crippen molar-refractivity contribution in [3.63, 3.8) is 0 Å². The highest BCUT2D eigenvalue weighted by Gasteiger charge is 2.26. The number of halogens is 1. The minimum absolute atomic E-state index is 0.0921. The van der Waals surface area contributed by atoms with E-state index in [1.54, 1.807) is 23.1 Å². The Morgan fingerprint density at radius 1 is 1.33 bits per heavy atom. The van der Waals surface area contributed by atoms with Crippen LogP contribution in [0, 0.1) is 0 Å². The molecule has 4 rings (SSSR count). The summed E-state index contributed by atoms with van der Waals surface area (Å²) in [5.41, 5.74) is 4.02. The third-order valence-electron chi connectivity index (χ3n) is 4.92. The monoisotopic (exact) mass is 381 g/mol. The normalized spacial score (nSPS) is 15.7. The Bertz CT molecular complexity index is 957. The Hall–Kier alpha value is -2.70. The van der Waals surface area contributed by atoms with Gasteiger partial charge in [0.1, 0.15) is 12.7 Å². The quantitative estimate of drug-likeness (QED) is 0.735. The molecule has 0 saturated carbocycles. The molecule has 1 aromatic heterocycles. The number of benzene rings is 2. The minimum atomic E-state index is -0.0921. The molecule has 0 radical (unpaired) electrons. The first-order valence-corrected chi connectivity index (χ1v) is 9.22. The fourth-order valence-corrected chi connectivity index (χ4v) is 3.83. The van der Waals surface area contributed by atoms with E-state index in [9.17, 15) is 4.79 Å². The highest BCUT2D eigenvalue weighted by molar-refractivity contribution is 6.31. The number of fused-ring (bicyclic) bond motifs is 1. The second-order valence-electron chi connectivity index (χ2n) is 6.72. The van der Waals surface area contributed by atoms with Gasteiger partial charge in [0.2, 0.25) is 5.91 Å². The van der Waals surface area contributed by atoms with E-state index in [4.69, 9.17) is 11.6 Å². The first kappa shape index (κ1) is 17.7. The molecule has 2 aromatic carbocycles. The van der Waals surface area contributed by atoms with Crippen LogP contribution in [0.5, 0.6) is 0 Å². The highest BCUT2D eigenvalue weighted by atomic mass is 35.5. The number of amides is 1. The molecule has 27 heavy (non-hydrogen) atoms. The fourth-order valence-electron chi connectivity index (χ4n) is 3.66. The number of rotatable bonds is 5. The lowest BCUT2D eigenvalue weighted by molar-refractivity contribution is -0.117. The summed E-state index contributed by atoms with van der Waals surface area (Å²) in [6.07, 6.45) is 5.12. The van der Waals surface area contributed by atoms with Crippen LogP contribution in [0.4, 0.5) is 5.69 Å². The van der Waals surface area contributed by atoms with E-state index in [1.165, 1.54) is 17.5 Å². The fraction of sp³-hybridized carbons (Fsp3) is 0.250. The van der Waals surface area contributed by atoms with Crippen LogP contribution in [0.15, 0.2) is 55.1 Å². The maximum Gasteiger partial charge on any atom is 0.238 e. The third-order valence-corrected chi connectivity index (χ3v) is 5.16. The maximum absolute atomic E-state index is 12.7. The molecular formula is C20H20ClN5O. The molecule has 1 amide bonds. The van der Waals surface area contributed by atoms with E-state index in [2.05, 4.69) is 44.6 Å². The molecule has 1 aliphatic carbocycles. The van der Waals surface area contributed by atoms with Crippen LogP contribution in [0.2, 0.25) is 5.02 Å². The maximum atomic E-state index is 12.7. The zero-order valence-corrected chi connectivity index (χ0v) is 15.7. The van der Waals surface area contributed by atoms with Gasteiger partial charge in [-0.25, -0.2) is 9.67 Å². The van der Waals surface area contributed by atoms with Crippen LogP contribution < -0.4 is 5.32 Å². The van der Waals surface area contributed by atoms with Crippen molar-refractivity contribution in [1.29, 1.82) is 0 Å².